The molecule has 5 N–H and O–H groups in total. The van der Waals surface area contributed by atoms with Crippen molar-refractivity contribution in [3.05, 3.63) is 12.3 Å². The minimum Gasteiger partial charge on any atom is -0.492 e. The molecule has 0 spiro atoms. The van der Waals surface area contributed by atoms with E-state index in [-0.39, 0.29) is 6.61 Å². The van der Waals surface area contributed by atoms with Crippen LogP contribution in [0.1, 0.15) is 6.92 Å². The fourth-order valence-corrected chi connectivity index (χ4v) is 2.43. The molecule has 0 aliphatic carbocycles. The third kappa shape index (κ3) is 4.22. The molecule has 0 amide bonds. The number of esters is 1. The molecular formula is C14H22O10. The zero-order valence-corrected chi connectivity index (χ0v) is 13.0. The molecule has 0 aromatic heterocycles. The Kier molecular flexibility index (Phi) is 6.52. The van der Waals surface area contributed by atoms with E-state index in [0.29, 0.717) is 0 Å². The van der Waals surface area contributed by atoms with Gasteiger partial charge in [0.1, 0.15) is 43.2 Å². The summed E-state index contributed by atoms with van der Waals surface area (Å²) < 4.78 is 20.6. The molecule has 138 valence electrons. The molecule has 10 nitrogen and oxygen atoms in total. The predicted molar refractivity (Wildman–Crippen MR) is 75.3 cm³/mol. The van der Waals surface area contributed by atoms with Gasteiger partial charge in [0, 0.05) is 6.92 Å². The Labute approximate surface area is 137 Å². The molecule has 8 atom stereocenters. The Morgan fingerprint density at radius 3 is 2.42 bits per heavy atom. The average Bonchev–Trinajstić information content (AvgIpc) is 2.55. The maximum atomic E-state index is 10.8. The van der Waals surface area contributed by atoms with Crippen LogP contribution in [0, 0.1) is 0 Å². The Bertz CT molecular complexity index is 453. The van der Waals surface area contributed by atoms with Crippen molar-refractivity contribution in [2.24, 2.45) is 0 Å². The minimum absolute atomic E-state index is 0.199. The lowest BCUT2D eigenvalue weighted by Gasteiger charge is -2.41. The van der Waals surface area contributed by atoms with Crippen molar-refractivity contribution in [2.45, 2.75) is 55.9 Å². The Hall–Kier alpha value is -1.27. The molecule has 24 heavy (non-hydrogen) atoms. The van der Waals surface area contributed by atoms with Crippen LogP contribution in [0.2, 0.25) is 0 Å². The SMILES string of the molecule is CC(=O)OCC1OC=C[C@@H](OC2OC(CO)[C@H](O)C(O)C2O)C1O. The summed E-state index contributed by atoms with van der Waals surface area (Å²) in [5.41, 5.74) is 0. The van der Waals surface area contributed by atoms with E-state index in [1.807, 2.05) is 0 Å². The monoisotopic (exact) mass is 350 g/mol. The maximum absolute atomic E-state index is 10.8. The van der Waals surface area contributed by atoms with Gasteiger partial charge in [0.2, 0.25) is 0 Å². The summed E-state index contributed by atoms with van der Waals surface area (Å²) in [6.07, 6.45) is -7.68. The van der Waals surface area contributed by atoms with E-state index in [4.69, 9.17) is 24.1 Å². The normalized spacial score (nSPS) is 42.4. The van der Waals surface area contributed by atoms with E-state index in [2.05, 4.69) is 0 Å². The number of aliphatic hydroxyl groups excluding tert-OH is 5. The van der Waals surface area contributed by atoms with Gasteiger partial charge in [0.25, 0.3) is 0 Å². The van der Waals surface area contributed by atoms with Crippen LogP contribution >= 0.6 is 0 Å². The molecule has 6 unspecified atom stereocenters. The first-order chi connectivity index (χ1) is 11.3. The summed E-state index contributed by atoms with van der Waals surface area (Å²) >= 11 is 0. The van der Waals surface area contributed by atoms with E-state index in [0.717, 1.165) is 0 Å². The van der Waals surface area contributed by atoms with E-state index >= 15 is 0 Å². The minimum atomic E-state index is -1.59. The van der Waals surface area contributed by atoms with Crippen molar-refractivity contribution in [1.29, 1.82) is 0 Å². The molecule has 2 rings (SSSR count). The molecule has 2 aliphatic rings. The average molecular weight is 350 g/mol. The first kappa shape index (κ1) is 19.1. The van der Waals surface area contributed by atoms with Crippen molar-refractivity contribution < 1.29 is 49.3 Å². The smallest absolute Gasteiger partial charge is 0.302 e. The fourth-order valence-electron chi connectivity index (χ4n) is 2.43. The first-order valence-electron chi connectivity index (χ1n) is 7.44. The highest BCUT2D eigenvalue weighted by Gasteiger charge is 2.46. The zero-order valence-electron chi connectivity index (χ0n) is 13.0. The Balaban J connectivity index is 1.99. The number of aliphatic hydroxyl groups is 5. The summed E-state index contributed by atoms with van der Waals surface area (Å²) in [6, 6.07) is 0. The van der Waals surface area contributed by atoms with Gasteiger partial charge in [-0.3, -0.25) is 4.79 Å². The van der Waals surface area contributed by atoms with Gasteiger partial charge in [-0.05, 0) is 6.08 Å². The predicted octanol–water partition coefficient (Wildman–Crippen LogP) is -2.99. The molecule has 0 bridgehead atoms. The number of ether oxygens (including phenoxy) is 4. The molecule has 0 aromatic rings. The van der Waals surface area contributed by atoms with Gasteiger partial charge < -0.3 is 44.5 Å². The number of carbonyl (C=O) groups excluding carboxylic acids is 1. The number of hydrogen-bond acceptors (Lipinski definition) is 10. The number of rotatable bonds is 5. The third-order valence-electron chi connectivity index (χ3n) is 3.83. The lowest BCUT2D eigenvalue weighted by atomic mass is 9.99. The van der Waals surface area contributed by atoms with Crippen LogP contribution < -0.4 is 0 Å². The van der Waals surface area contributed by atoms with Crippen molar-refractivity contribution in [3.63, 3.8) is 0 Å². The van der Waals surface area contributed by atoms with Crippen molar-refractivity contribution >= 4 is 5.97 Å². The highest BCUT2D eigenvalue weighted by atomic mass is 16.7. The molecule has 1 saturated heterocycles. The summed E-state index contributed by atoms with van der Waals surface area (Å²) in [7, 11) is 0. The van der Waals surface area contributed by atoms with E-state index in [1.54, 1.807) is 0 Å². The van der Waals surface area contributed by atoms with Gasteiger partial charge in [0.15, 0.2) is 12.4 Å². The van der Waals surface area contributed by atoms with Gasteiger partial charge in [-0.2, -0.15) is 0 Å². The van der Waals surface area contributed by atoms with Crippen molar-refractivity contribution in [1.82, 2.24) is 0 Å². The van der Waals surface area contributed by atoms with Crippen LogP contribution in [-0.2, 0) is 23.7 Å². The zero-order chi connectivity index (χ0) is 17.9. The van der Waals surface area contributed by atoms with Gasteiger partial charge in [-0.25, -0.2) is 0 Å². The molecule has 0 radical (unpaired) electrons. The van der Waals surface area contributed by atoms with Gasteiger partial charge in [-0.15, -0.1) is 0 Å². The van der Waals surface area contributed by atoms with E-state index in [1.165, 1.54) is 19.3 Å². The van der Waals surface area contributed by atoms with Gasteiger partial charge in [0.05, 0.1) is 12.9 Å². The standard InChI is InChI=1S/C14H22O10/c1-6(16)22-5-9-10(17)7(2-3-21-9)23-14-13(20)12(19)11(18)8(4-15)24-14/h2-3,7-15,17-20H,4-5H2,1H3/t7-,8?,9?,10?,11+,12?,13?,14?/m1/s1. The maximum Gasteiger partial charge on any atom is 0.302 e. The summed E-state index contributed by atoms with van der Waals surface area (Å²) in [5, 5.41) is 48.7. The van der Waals surface area contributed by atoms with E-state index < -0.39 is 61.6 Å². The topological polar surface area (TPSA) is 155 Å². The molecule has 10 heteroatoms. The van der Waals surface area contributed by atoms with Crippen LogP contribution in [0.4, 0.5) is 0 Å². The second-order valence-electron chi connectivity index (χ2n) is 5.59. The van der Waals surface area contributed by atoms with Crippen LogP contribution in [0.15, 0.2) is 12.3 Å². The summed E-state index contributed by atoms with van der Waals surface area (Å²) in [4.78, 5) is 10.8. The van der Waals surface area contributed by atoms with Crippen LogP contribution in [0.3, 0.4) is 0 Å². The molecule has 0 saturated carbocycles. The van der Waals surface area contributed by atoms with Crippen LogP contribution in [0.25, 0.3) is 0 Å². The van der Waals surface area contributed by atoms with Crippen LogP contribution in [0.5, 0.6) is 0 Å². The first-order valence-corrected chi connectivity index (χ1v) is 7.44. The Morgan fingerprint density at radius 2 is 1.79 bits per heavy atom. The quantitative estimate of drug-likeness (QED) is 0.324. The van der Waals surface area contributed by atoms with Gasteiger partial charge >= 0.3 is 5.97 Å². The van der Waals surface area contributed by atoms with Crippen molar-refractivity contribution in [2.75, 3.05) is 13.2 Å². The number of carbonyl (C=O) groups is 1. The number of hydrogen-bond donors (Lipinski definition) is 5. The second-order valence-corrected chi connectivity index (χ2v) is 5.59. The van der Waals surface area contributed by atoms with Crippen LogP contribution in [-0.4, -0.2) is 93.7 Å². The molecular weight excluding hydrogens is 328 g/mol. The largest absolute Gasteiger partial charge is 0.492 e. The molecule has 0 aromatic carbocycles. The summed E-state index contributed by atoms with van der Waals surface area (Å²) in [6.45, 7) is 0.425. The fraction of sp³-hybridized carbons (Fsp3) is 0.786. The summed E-state index contributed by atoms with van der Waals surface area (Å²) in [5.74, 6) is -0.535. The third-order valence-corrected chi connectivity index (χ3v) is 3.83. The highest BCUT2D eigenvalue weighted by molar-refractivity contribution is 5.65. The molecule has 1 fully saturated rings. The van der Waals surface area contributed by atoms with Crippen molar-refractivity contribution in [3.8, 4) is 0 Å². The van der Waals surface area contributed by atoms with E-state index in [9.17, 15) is 25.2 Å². The highest BCUT2D eigenvalue weighted by Crippen LogP contribution is 2.25. The second kappa shape index (κ2) is 8.21. The molecule has 2 aliphatic heterocycles. The lowest BCUT2D eigenvalue weighted by Crippen LogP contribution is -2.60. The Morgan fingerprint density at radius 1 is 1.08 bits per heavy atom. The lowest BCUT2D eigenvalue weighted by molar-refractivity contribution is -0.315. The van der Waals surface area contributed by atoms with Gasteiger partial charge in [-0.1, -0.05) is 0 Å². The molecule has 2 heterocycles.